The molecule has 1 unspecified atom stereocenters. The van der Waals surface area contributed by atoms with Crippen LogP contribution in [0.15, 0.2) is 29.1 Å². The summed E-state index contributed by atoms with van der Waals surface area (Å²) in [5.74, 6) is -1.34. The molecule has 4 N–H and O–H groups in total. The summed E-state index contributed by atoms with van der Waals surface area (Å²) in [5, 5.41) is 23.6. The summed E-state index contributed by atoms with van der Waals surface area (Å²) in [6.45, 7) is 2.41. The zero-order valence-electron chi connectivity index (χ0n) is 21.8. The van der Waals surface area contributed by atoms with Gasteiger partial charge >= 0.3 is 0 Å². The predicted octanol–water partition coefficient (Wildman–Crippen LogP) is -0.604. The van der Waals surface area contributed by atoms with Gasteiger partial charge in [0.05, 0.1) is 18.7 Å². The SMILES string of the molecule is CCn1c(=C(C#N)C(=O)NCC#N)sc(=CNc2cccc(N(C)C(=O)CN3CCCCC3C(N)=O)c2)c1=O. The molecule has 0 bridgehead atoms. The molecule has 204 valence electrons. The third-order valence-electron chi connectivity index (χ3n) is 6.36. The highest BCUT2D eigenvalue weighted by Crippen LogP contribution is 2.21. The van der Waals surface area contributed by atoms with Crippen molar-refractivity contribution >= 4 is 52.2 Å². The zero-order valence-corrected chi connectivity index (χ0v) is 22.6. The van der Waals surface area contributed by atoms with Crippen molar-refractivity contribution in [2.75, 3.05) is 36.9 Å². The number of nitrogens with one attached hydrogen (secondary N) is 2. The average Bonchev–Trinajstić information content (AvgIpc) is 3.25. The molecule has 1 aromatic heterocycles. The van der Waals surface area contributed by atoms with Crippen molar-refractivity contribution in [2.45, 2.75) is 38.8 Å². The first-order valence-corrected chi connectivity index (χ1v) is 13.2. The third-order valence-corrected chi connectivity index (χ3v) is 7.49. The first kappa shape index (κ1) is 29.1. The van der Waals surface area contributed by atoms with E-state index in [1.165, 1.54) is 15.7 Å². The standard InChI is InChI=1S/C26H30N8O4S/c1-3-34-25(38)21(39-26(34)19(14-28)24(37)30-11-10-27)15-31-17-7-6-8-18(13-17)32(2)22(35)16-33-12-5-4-9-20(33)23(29)36/h6-8,13,15,20,31H,3-5,9,11-12,16H2,1-2H3,(H2,29,36)(H,30,37). The van der Waals surface area contributed by atoms with E-state index in [0.717, 1.165) is 24.2 Å². The van der Waals surface area contributed by atoms with E-state index in [-0.39, 0.29) is 45.9 Å². The van der Waals surface area contributed by atoms with E-state index in [4.69, 9.17) is 11.0 Å². The topological polar surface area (TPSA) is 177 Å². The summed E-state index contributed by atoms with van der Waals surface area (Å²) in [6, 6.07) is 10.2. The van der Waals surface area contributed by atoms with Gasteiger partial charge in [0.25, 0.3) is 11.5 Å². The lowest BCUT2D eigenvalue weighted by molar-refractivity contribution is -0.127. The Bertz CT molecular complexity index is 1510. The van der Waals surface area contributed by atoms with Crippen LogP contribution in [0.2, 0.25) is 0 Å². The van der Waals surface area contributed by atoms with Crippen LogP contribution in [0.25, 0.3) is 11.8 Å². The molecule has 3 amide bonds. The number of nitrogens with zero attached hydrogens (tertiary/aromatic N) is 5. The van der Waals surface area contributed by atoms with Crippen LogP contribution in [0.4, 0.5) is 11.4 Å². The van der Waals surface area contributed by atoms with Gasteiger partial charge in [0, 0.05) is 31.2 Å². The van der Waals surface area contributed by atoms with Crippen LogP contribution in [0.3, 0.4) is 0 Å². The molecule has 2 heterocycles. The Kier molecular flexibility index (Phi) is 9.98. The number of amides is 3. The number of primary amides is 1. The molecular formula is C26H30N8O4S. The molecule has 1 fully saturated rings. The van der Waals surface area contributed by atoms with E-state index in [2.05, 4.69) is 10.6 Å². The maximum atomic E-state index is 13.0. The Morgan fingerprint density at radius 2 is 2.05 bits per heavy atom. The zero-order chi connectivity index (χ0) is 28.5. The summed E-state index contributed by atoms with van der Waals surface area (Å²) in [5.41, 5.74) is 6.11. The van der Waals surface area contributed by atoms with Crippen molar-refractivity contribution in [3.05, 3.63) is 43.8 Å². The number of piperidine rings is 1. The first-order chi connectivity index (χ1) is 18.7. The third kappa shape index (κ3) is 6.90. The molecule has 0 saturated carbocycles. The molecule has 0 spiro atoms. The van der Waals surface area contributed by atoms with Gasteiger partial charge in [-0.1, -0.05) is 12.5 Å². The van der Waals surface area contributed by atoms with Crippen LogP contribution in [0, 0.1) is 22.7 Å². The number of nitrogens with two attached hydrogens (primary N) is 1. The predicted molar refractivity (Wildman–Crippen MR) is 147 cm³/mol. The minimum absolute atomic E-state index is 0.0715. The number of likely N-dealkylation sites (tertiary alicyclic amines) is 1. The summed E-state index contributed by atoms with van der Waals surface area (Å²) in [7, 11) is 1.65. The quantitative estimate of drug-likeness (QED) is 0.346. The van der Waals surface area contributed by atoms with E-state index in [9.17, 15) is 24.4 Å². The molecule has 1 aliphatic rings. The molecule has 39 heavy (non-hydrogen) atoms. The van der Waals surface area contributed by atoms with Crippen LogP contribution in [0.1, 0.15) is 26.2 Å². The largest absolute Gasteiger partial charge is 0.368 e. The fourth-order valence-electron chi connectivity index (χ4n) is 4.28. The Morgan fingerprint density at radius 3 is 2.72 bits per heavy atom. The van der Waals surface area contributed by atoms with Gasteiger partial charge in [-0.3, -0.25) is 28.6 Å². The van der Waals surface area contributed by atoms with Gasteiger partial charge in [-0.2, -0.15) is 10.5 Å². The number of carbonyl (C=O) groups excluding carboxylic acids is 3. The average molecular weight is 551 g/mol. The van der Waals surface area contributed by atoms with E-state index >= 15 is 0 Å². The lowest BCUT2D eigenvalue weighted by Crippen LogP contribution is -2.51. The highest BCUT2D eigenvalue weighted by molar-refractivity contribution is 7.07. The maximum absolute atomic E-state index is 13.0. The Morgan fingerprint density at radius 1 is 1.28 bits per heavy atom. The highest BCUT2D eigenvalue weighted by Gasteiger charge is 2.29. The molecule has 1 aromatic carbocycles. The summed E-state index contributed by atoms with van der Waals surface area (Å²) in [4.78, 5) is 53.3. The summed E-state index contributed by atoms with van der Waals surface area (Å²) >= 11 is 0.983. The number of nitriles is 2. The van der Waals surface area contributed by atoms with E-state index in [0.29, 0.717) is 24.3 Å². The number of hydrogen-bond acceptors (Lipinski definition) is 9. The van der Waals surface area contributed by atoms with Crippen LogP contribution in [0.5, 0.6) is 0 Å². The van der Waals surface area contributed by atoms with E-state index in [1.54, 1.807) is 44.3 Å². The number of hydrogen-bond donors (Lipinski definition) is 3. The van der Waals surface area contributed by atoms with Gasteiger partial charge < -0.3 is 21.3 Å². The number of aromatic nitrogens is 1. The molecule has 2 aromatic rings. The van der Waals surface area contributed by atoms with Crippen molar-refractivity contribution in [3.63, 3.8) is 0 Å². The fraction of sp³-hybridized carbons (Fsp3) is 0.385. The number of carbonyl (C=O) groups is 3. The second-order valence-electron chi connectivity index (χ2n) is 8.82. The minimum atomic E-state index is -0.728. The molecule has 1 aliphatic heterocycles. The van der Waals surface area contributed by atoms with Gasteiger partial charge in [0.15, 0.2) is 5.57 Å². The van der Waals surface area contributed by atoms with Crippen molar-refractivity contribution in [3.8, 4) is 12.1 Å². The van der Waals surface area contributed by atoms with E-state index < -0.39 is 17.9 Å². The fourth-order valence-corrected chi connectivity index (χ4v) is 5.36. The van der Waals surface area contributed by atoms with Crippen LogP contribution < -0.4 is 36.0 Å². The van der Waals surface area contributed by atoms with Crippen molar-refractivity contribution in [1.82, 2.24) is 14.8 Å². The number of thiazole rings is 1. The van der Waals surface area contributed by atoms with Crippen molar-refractivity contribution in [1.29, 1.82) is 10.5 Å². The summed E-state index contributed by atoms with van der Waals surface area (Å²) in [6.07, 6.45) is 3.93. The number of benzene rings is 1. The number of anilines is 2. The lowest BCUT2D eigenvalue weighted by Gasteiger charge is -2.34. The van der Waals surface area contributed by atoms with E-state index in [1.807, 2.05) is 11.0 Å². The second kappa shape index (κ2) is 13.4. The molecule has 1 atom stereocenters. The minimum Gasteiger partial charge on any atom is -0.368 e. The van der Waals surface area contributed by atoms with Gasteiger partial charge in [-0.15, -0.1) is 11.3 Å². The smallest absolute Gasteiger partial charge is 0.270 e. The van der Waals surface area contributed by atoms with Crippen LogP contribution >= 0.6 is 11.3 Å². The molecular weight excluding hydrogens is 520 g/mol. The Labute approximate surface area is 229 Å². The molecule has 1 saturated heterocycles. The normalized spacial score (nSPS) is 16.5. The second-order valence-corrected chi connectivity index (χ2v) is 9.86. The monoisotopic (exact) mass is 550 g/mol. The molecule has 13 heteroatoms. The maximum Gasteiger partial charge on any atom is 0.270 e. The van der Waals surface area contributed by atoms with Crippen LogP contribution in [-0.4, -0.2) is 59.9 Å². The van der Waals surface area contributed by atoms with Crippen molar-refractivity contribution < 1.29 is 14.4 Å². The molecule has 3 rings (SSSR count). The Hall–Kier alpha value is -4.46. The molecule has 0 radical (unpaired) electrons. The number of rotatable bonds is 9. The molecule has 0 aliphatic carbocycles. The Balaban J connectivity index is 1.84. The molecule has 12 nitrogen and oxygen atoms in total. The number of likely N-dealkylation sites (N-methyl/N-ethyl adjacent to an activating group) is 1. The first-order valence-electron chi connectivity index (χ1n) is 12.4. The van der Waals surface area contributed by atoms with Crippen LogP contribution in [-0.2, 0) is 20.9 Å². The lowest BCUT2D eigenvalue weighted by atomic mass is 10.0. The van der Waals surface area contributed by atoms with Crippen molar-refractivity contribution in [2.24, 2.45) is 5.73 Å². The van der Waals surface area contributed by atoms with Gasteiger partial charge in [-0.05, 0) is 44.5 Å². The van der Waals surface area contributed by atoms with Gasteiger partial charge in [0.2, 0.25) is 11.8 Å². The summed E-state index contributed by atoms with van der Waals surface area (Å²) < 4.78 is 1.79. The van der Waals surface area contributed by atoms with Gasteiger partial charge in [-0.25, -0.2) is 0 Å². The van der Waals surface area contributed by atoms with Gasteiger partial charge in [0.1, 0.15) is 21.8 Å². The highest BCUT2D eigenvalue weighted by atomic mass is 32.1.